The molecule has 0 aromatic carbocycles. The molecule has 0 amide bonds. The van der Waals surface area contributed by atoms with Gasteiger partial charge < -0.3 is 24.6 Å². The van der Waals surface area contributed by atoms with Crippen molar-refractivity contribution in [3.8, 4) is 0 Å². The van der Waals surface area contributed by atoms with Crippen molar-refractivity contribution in [3.63, 3.8) is 0 Å². The van der Waals surface area contributed by atoms with Gasteiger partial charge in [0.05, 0.1) is 19.8 Å². The van der Waals surface area contributed by atoms with Gasteiger partial charge in [0.2, 0.25) is 0 Å². The minimum Gasteiger partial charge on any atom is -0.462 e. The Morgan fingerprint density at radius 3 is 1.72 bits per heavy atom. The molecule has 0 aromatic heterocycles. The molecule has 0 saturated heterocycles. The van der Waals surface area contributed by atoms with Gasteiger partial charge in [-0.25, -0.2) is 4.57 Å². The zero-order valence-corrected chi connectivity index (χ0v) is 27.8. The first-order chi connectivity index (χ1) is 20.7. The van der Waals surface area contributed by atoms with Crippen LogP contribution in [0.2, 0.25) is 0 Å². The molecule has 43 heavy (non-hydrogen) atoms. The molecule has 3 N–H and O–H groups in total. The van der Waals surface area contributed by atoms with Gasteiger partial charge in [0.25, 0.3) is 0 Å². The topological polar surface area (TPSA) is 149 Å². The monoisotopic (exact) mass is 636 g/mol. The van der Waals surface area contributed by atoms with Gasteiger partial charge in [0.15, 0.2) is 6.10 Å². The molecule has 0 aromatic rings. The van der Waals surface area contributed by atoms with Crippen molar-refractivity contribution in [1.82, 2.24) is 0 Å². The Labute approximate surface area is 260 Å². The van der Waals surface area contributed by atoms with Crippen LogP contribution in [0.4, 0.5) is 0 Å². The third-order valence-corrected chi connectivity index (χ3v) is 7.87. The highest BCUT2D eigenvalue weighted by Gasteiger charge is 2.27. The summed E-state index contributed by atoms with van der Waals surface area (Å²) in [5, 5.41) is 18.2. The first-order valence-electron chi connectivity index (χ1n) is 16.6. The minimum absolute atomic E-state index is 0.177. The highest BCUT2D eigenvalue weighted by molar-refractivity contribution is 7.47. The van der Waals surface area contributed by atoms with Crippen LogP contribution in [0.1, 0.15) is 142 Å². The van der Waals surface area contributed by atoms with Crippen LogP contribution in [0.3, 0.4) is 0 Å². The number of phosphoric ester groups is 1. The second kappa shape index (κ2) is 29.4. The van der Waals surface area contributed by atoms with E-state index in [4.69, 9.17) is 19.1 Å². The maximum atomic E-state index is 12.4. The Morgan fingerprint density at radius 1 is 0.674 bits per heavy atom. The predicted molar refractivity (Wildman–Crippen MR) is 168 cm³/mol. The fourth-order valence-electron chi connectivity index (χ4n) is 4.28. The molecule has 0 bridgehead atoms. The van der Waals surface area contributed by atoms with E-state index in [9.17, 15) is 24.2 Å². The quantitative estimate of drug-likeness (QED) is 0.0306. The fraction of sp³-hybridized carbons (Fsp3) is 0.875. The molecule has 0 heterocycles. The molecule has 1 unspecified atom stereocenters. The molecule has 0 aliphatic rings. The number of hydrogen-bond donors (Lipinski definition) is 3. The van der Waals surface area contributed by atoms with Crippen molar-refractivity contribution < 1.29 is 47.8 Å². The van der Waals surface area contributed by atoms with E-state index in [-0.39, 0.29) is 19.4 Å². The summed E-state index contributed by atoms with van der Waals surface area (Å²) in [6.45, 7) is 2.28. The standard InChI is InChI=1S/C32H61O10P/c1-3-5-7-9-11-13-14-15-16-18-20-22-24-32(36)42-30(28-41-43(37,38)40-26-29(34)25-33)27-39-31(35)23-21-19-17-12-10-8-6-4-2/h11,13,29-30,33-34H,3-10,12,14-28H2,1-2H3,(H,37,38)/b13-11+/t29-,30+/m0/s1. The van der Waals surface area contributed by atoms with E-state index in [1.807, 2.05) is 0 Å². The van der Waals surface area contributed by atoms with E-state index in [2.05, 4.69) is 30.5 Å². The van der Waals surface area contributed by atoms with E-state index in [1.165, 1.54) is 44.9 Å². The normalized spacial score (nSPS) is 14.4. The van der Waals surface area contributed by atoms with Crippen molar-refractivity contribution in [2.24, 2.45) is 0 Å². The lowest BCUT2D eigenvalue weighted by Gasteiger charge is -2.20. The summed E-state index contributed by atoms with van der Waals surface area (Å²) in [6, 6.07) is 0. The Kier molecular flexibility index (Phi) is 28.5. The molecule has 10 nitrogen and oxygen atoms in total. The molecule has 0 fully saturated rings. The molecule has 11 heteroatoms. The molecule has 0 saturated carbocycles. The summed E-state index contributed by atoms with van der Waals surface area (Å²) >= 11 is 0. The van der Waals surface area contributed by atoms with Crippen LogP contribution >= 0.6 is 7.82 Å². The first-order valence-corrected chi connectivity index (χ1v) is 18.1. The Hall–Kier alpha value is -1.29. The SMILES string of the molecule is CCCCC/C=C/CCCCCCCC(=O)O[C@H](COC(=O)CCCCCCCCCC)COP(=O)(O)OC[C@@H](O)CO. The van der Waals surface area contributed by atoms with E-state index in [0.717, 1.165) is 57.8 Å². The number of unbranched alkanes of at least 4 members (excludes halogenated alkanes) is 15. The van der Waals surface area contributed by atoms with Gasteiger partial charge in [0.1, 0.15) is 12.7 Å². The smallest absolute Gasteiger partial charge is 0.462 e. The maximum absolute atomic E-state index is 12.4. The second-order valence-electron chi connectivity index (χ2n) is 11.2. The Bertz CT molecular complexity index is 746. The van der Waals surface area contributed by atoms with E-state index in [1.54, 1.807) is 0 Å². The largest absolute Gasteiger partial charge is 0.472 e. The number of aliphatic hydroxyl groups is 2. The summed E-state index contributed by atoms with van der Waals surface area (Å²) < 4.78 is 32.4. The van der Waals surface area contributed by atoms with Crippen LogP contribution in [0.5, 0.6) is 0 Å². The first kappa shape index (κ1) is 41.7. The average molecular weight is 637 g/mol. The maximum Gasteiger partial charge on any atom is 0.472 e. The Morgan fingerprint density at radius 2 is 1.14 bits per heavy atom. The lowest BCUT2D eigenvalue weighted by molar-refractivity contribution is -0.161. The van der Waals surface area contributed by atoms with Crippen molar-refractivity contribution in [2.45, 2.75) is 154 Å². The predicted octanol–water partition coefficient (Wildman–Crippen LogP) is 7.33. The third-order valence-electron chi connectivity index (χ3n) is 6.92. The number of aliphatic hydroxyl groups excluding tert-OH is 2. The van der Waals surface area contributed by atoms with Crippen LogP contribution in [0.25, 0.3) is 0 Å². The summed E-state index contributed by atoms with van der Waals surface area (Å²) in [7, 11) is -4.60. The molecule has 0 spiro atoms. The second-order valence-corrected chi connectivity index (χ2v) is 12.6. The van der Waals surface area contributed by atoms with Crippen molar-refractivity contribution in [2.75, 3.05) is 26.4 Å². The molecule has 0 rings (SSSR count). The highest BCUT2D eigenvalue weighted by Crippen LogP contribution is 2.43. The summed E-state index contributed by atoms with van der Waals surface area (Å²) in [5.41, 5.74) is 0. The van der Waals surface area contributed by atoms with Crippen LogP contribution < -0.4 is 0 Å². The lowest BCUT2D eigenvalue weighted by Crippen LogP contribution is -2.29. The molecular weight excluding hydrogens is 575 g/mol. The summed E-state index contributed by atoms with van der Waals surface area (Å²) in [6.07, 6.45) is 22.0. The summed E-state index contributed by atoms with van der Waals surface area (Å²) in [4.78, 5) is 34.5. The Balaban J connectivity index is 4.45. The number of esters is 2. The number of phosphoric acid groups is 1. The number of ether oxygens (including phenoxy) is 2. The molecule has 254 valence electrons. The zero-order valence-electron chi connectivity index (χ0n) is 26.9. The lowest BCUT2D eigenvalue weighted by atomic mass is 10.1. The molecule has 0 aliphatic heterocycles. The fourth-order valence-corrected chi connectivity index (χ4v) is 5.07. The van der Waals surface area contributed by atoms with Crippen LogP contribution in [0, 0.1) is 0 Å². The summed E-state index contributed by atoms with van der Waals surface area (Å²) in [5.74, 6) is -0.940. The van der Waals surface area contributed by atoms with E-state index < -0.39 is 51.8 Å². The zero-order chi connectivity index (χ0) is 32.0. The van der Waals surface area contributed by atoms with Gasteiger partial charge in [-0.1, -0.05) is 103 Å². The van der Waals surface area contributed by atoms with Crippen molar-refractivity contribution >= 4 is 19.8 Å². The van der Waals surface area contributed by atoms with Gasteiger partial charge in [-0.3, -0.25) is 18.6 Å². The minimum atomic E-state index is -4.60. The molecule has 0 radical (unpaired) electrons. The molecule has 3 atom stereocenters. The number of hydrogen-bond acceptors (Lipinski definition) is 9. The number of allylic oxidation sites excluding steroid dienone is 2. The van der Waals surface area contributed by atoms with Gasteiger partial charge >= 0.3 is 19.8 Å². The van der Waals surface area contributed by atoms with Gasteiger partial charge in [0, 0.05) is 12.8 Å². The molecular formula is C32H61O10P. The van der Waals surface area contributed by atoms with Crippen molar-refractivity contribution in [1.29, 1.82) is 0 Å². The van der Waals surface area contributed by atoms with Gasteiger partial charge in [-0.2, -0.15) is 0 Å². The van der Waals surface area contributed by atoms with Gasteiger partial charge in [-0.15, -0.1) is 0 Å². The van der Waals surface area contributed by atoms with Crippen LogP contribution in [-0.4, -0.2) is 65.7 Å². The molecule has 0 aliphatic carbocycles. The number of carbonyl (C=O) groups is 2. The average Bonchev–Trinajstić information content (AvgIpc) is 2.99. The van der Waals surface area contributed by atoms with Crippen molar-refractivity contribution in [3.05, 3.63) is 12.2 Å². The number of rotatable bonds is 31. The van der Waals surface area contributed by atoms with Crippen LogP contribution in [0.15, 0.2) is 12.2 Å². The van der Waals surface area contributed by atoms with E-state index in [0.29, 0.717) is 12.8 Å². The van der Waals surface area contributed by atoms with E-state index >= 15 is 0 Å². The van der Waals surface area contributed by atoms with Crippen LogP contribution in [-0.2, 0) is 32.7 Å². The highest BCUT2D eigenvalue weighted by atomic mass is 31.2. The van der Waals surface area contributed by atoms with Gasteiger partial charge in [-0.05, 0) is 38.5 Å². The third kappa shape index (κ3) is 29.2. The number of carbonyl (C=O) groups excluding carboxylic acids is 2.